The molecule has 2 saturated heterocycles. The lowest BCUT2D eigenvalue weighted by atomic mass is 9.93. The summed E-state index contributed by atoms with van der Waals surface area (Å²) in [5.41, 5.74) is 1.03. The summed E-state index contributed by atoms with van der Waals surface area (Å²) in [6.07, 6.45) is 7.71. The maximum atomic E-state index is 12.6. The molecule has 0 aromatic carbocycles. The van der Waals surface area contributed by atoms with Crippen LogP contribution in [0, 0.1) is 5.92 Å². The van der Waals surface area contributed by atoms with E-state index in [1.165, 1.54) is 0 Å². The average Bonchev–Trinajstić information content (AvgIpc) is 2.73. The van der Waals surface area contributed by atoms with Crippen LogP contribution in [0.2, 0.25) is 0 Å². The summed E-state index contributed by atoms with van der Waals surface area (Å²) in [6.45, 7) is 4.86. The number of hydrogen-bond acceptors (Lipinski definition) is 5. The van der Waals surface area contributed by atoms with Crippen LogP contribution in [-0.2, 0) is 16.1 Å². The molecule has 3 heterocycles. The van der Waals surface area contributed by atoms with E-state index in [1.807, 2.05) is 12.1 Å². The highest BCUT2D eigenvalue weighted by Crippen LogP contribution is 2.24. The Morgan fingerprint density at radius 2 is 2.04 bits per heavy atom. The van der Waals surface area contributed by atoms with Gasteiger partial charge in [0.15, 0.2) is 0 Å². The molecule has 0 aliphatic carbocycles. The first-order valence-electron chi connectivity index (χ1n) is 9.99. The second kappa shape index (κ2) is 9.80. The van der Waals surface area contributed by atoms with Crippen LogP contribution in [0.4, 0.5) is 0 Å². The Labute approximate surface area is 161 Å². The van der Waals surface area contributed by atoms with E-state index in [0.717, 1.165) is 57.4 Å². The van der Waals surface area contributed by atoms with Crippen LogP contribution in [0.5, 0.6) is 0 Å². The predicted octanol–water partition coefficient (Wildman–Crippen LogP) is 0.620. The van der Waals surface area contributed by atoms with E-state index in [1.54, 1.807) is 19.4 Å². The van der Waals surface area contributed by atoms with Crippen molar-refractivity contribution in [3.05, 3.63) is 30.1 Å². The monoisotopic (exact) mass is 373 g/mol. The largest absolute Gasteiger partial charge is 0.358 e. The van der Waals surface area contributed by atoms with Crippen molar-refractivity contribution in [1.29, 1.82) is 0 Å². The molecule has 27 heavy (non-hydrogen) atoms. The number of likely N-dealkylation sites (tertiary alicyclic amines) is 2. The van der Waals surface area contributed by atoms with Gasteiger partial charge in [-0.1, -0.05) is 6.07 Å². The number of pyridine rings is 1. The highest BCUT2D eigenvalue weighted by atomic mass is 16.2. The van der Waals surface area contributed by atoms with Gasteiger partial charge >= 0.3 is 0 Å². The van der Waals surface area contributed by atoms with Crippen LogP contribution in [0.3, 0.4) is 0 Å². The molecule has 148 valence electrons. The molecule has 0 saturated carbocycles. The van der Waals surface area contributed by atoms with Gasteiger partial charge in [0.2, 0.25) is 11.8 Å². The molecule has 7 heteroatoms. The Hall–Kier alpha value is -1.99. The van der Waals surface area contributed by atoms with E-state index in [-0.39, 0.29) is 17.7 Å². The summed E-state index contributed by atoms with van der Waals surface area (Å²) in [6, 6.07) is 4.40. The first kappa shape index (κ1) is 19.8. The Bertz CT molecular complexity index is 616. The second-order valence-corrected chi connectivity index (χ2v) is 7.59. The van der Waals surface area contributed by atoms with E-state index in [4.69, 9.17) is 0 Å². The molecule has 0 spiro atoms. The lowest BCUT2D eigenvalue weighted by Gasteiger charge is -2.41. The van der Waals surface area contributed by atoms with Gasteiger partial charge in [0.25, 0.3) is 0 Å². The van der Waals surface area contributed by atoms with Crippen LogP contribution in [-0.4, -0.2) is 72.4 Å². The van der Waals surface area contributed by atoms with Gasteiger partial charge in [-0.05, 0) is 43.9 Å². The van der Waals surface area contributed by atoms with Gasteiger partial charge in [0.1, 0.15) is 0 Å². The number of aromatic nitrogens is 1. The smallest absolute Gasteiger partial charge is 0.233 e. The molecule has 2 aliphatic heterocycles. The van der Waals surface area contributed by atoms with Gasteiger partial charge in [0, 0.05) is 51.7 Å². The highest BCUT2D eigenvalue weighted by molar-refractivity contribution is 5.79. The molecule has 0 bridgehead atoms. The lowest BCUT2D eigenvalue weighted by molar-refractivity contribution is -0.127. The van der Waals surface area contributed by atoms with Crippen LogP contribution in [0.15, 0.2) is 24.5 Å². The van der Waals surface area contributed by atoms with Crippen molar-refractivity contribution in [2.45, 2.75) is 38.3 Å². The number of carbonyl (C=O) groups is 2. The van der Waals surface area contributed by atoms with Gasteiger partial charge in [-0.15, -0.1) is 0 Å². The van der Waals surface area contributed by atoms with Crippen molar-refractivity contribution in [2.75, 3.05) is 39.8 Å². The molecule has 2 amide bonds. The van der Waals surface area contributed by atoms with E-state index in [2.05, 4.69) is 25.4 Å². The number of hydrogen-bond donors (Lipinski definition) is 2. The van der Waals surface area contributed by atoms with Crippen LogP contribution < -0.4 is 10.6 Å². The molecule has 2 fully saturated rings. The van der Waals surface area contributed by atoms with Crippen molar-refractivity contribution >= 4 is 11.8 Å². The quantitative estimate of drug-likeness (QED) is 0.764. The number of nitrogens with one attached hydrogen (secondary N) is 2. The van der Waals surface area contributed by atoms with Gasteiger partial charge in [-0.2, -0.15) is 0 Å². The van der Waals surface area contributed by atoms with Crippen molar-refractivity contribution < 1.29 is 9.59 Å². The first-order valence-corrected chi connectivity index (χ1v) is 9.99. The Kier molecular flexibility index (Phi) is 7.18. The molecule has 1 aromatic heterocycles. The van der Waals surface area contributed by atoms with Crippen LogP contribution in [0.1, 0.15) is 31.2 Å². The average molecular weight is 374 g/mol. The van der Waals surface area contributed by atoms with E-state index < -0.39 is 0 Å². The van der Waals surface area contributed by atoms with Crippen molar-refractivity contribution in [2.24, 2.45) is 5.92 Å². The summed E-state index contributed by atoms with van der Waals surface area (Å²) in [5.74, 6) is 0.302. The predicted molar refractivity (Wildman–Crippen MR) is 104 cm³/mol. The summed E-state index contributed by atoms with van der Waals surface area (Å²) >= 11 is 0. The Morgan fingerprint density at radius 1 is 1.22 bits per heavy atom. The number of likely N-dealkylation sites (N-methyl/N-ethyl adjacent to an activating group) is 1. The van der Waals surface area contributed by atoms with E-state index in [9.17, 15) is 9.59 Å². The summed E-state index contributed by atoms with van der Waals surface area (Å²) in [5, 5.41) is 5.76. The minimum absolute atomic E-state index is 0.0688. The van der Waals surface area contributed by atoms with Gasteiger partial charge in [0.05, 0.1) is 12.5 Å². The molecule has 0 unspecified atom stereocenters. The Morgan fingerprint density at radius 3 is 2.74 bits per heavy atom. The van der Waals surface area contributed by atoms with E-state index in [0.29, 0.717) is 19.1 Å². The van der Waals surface area contributed by atoms with E-state index >= 15 is 0 Å². The molecular formula is C20H31N5O2. The molecule has 2 N–H and O–H groups in total. The fourth-order valence-electron chi connectivity index (χ4n) is 4.11. The molecule has 0 radical (unpaired) electrons. The van der Waals surface area contributed by atoms with Crippen LogP contribution >= 0.6 is 0 Å². The first-order chi connectivity index (χ1) is 13.2. The zero-order valence-corrected chi connectivity index (χ0v) is 16.2. The summed E-state index contributed by atoms with van der Waals surface area (Å²) in [7, 11) is 1.68. The zero-order valence-electron chi connectivity index (χ0n) is 16.2. The van der Waals surface area contributed by atoms with Crippen LogP contribution in [0.25, 0.3) is 0 Å². The topological polar surface area (TPSA) is 77.6 Å². The fraction of sp³-hybridized carbons (Fsp3) is 0.650. The fourth-order valence-corrected chi connectivity index (χ4v) is 4.11. The number of nitrogens with zero attached hydrogens (tertiary/aromatic N) is 3. The standard InChI is InChI=1S/C20H31N5O2/c1-21-19(26)15-24-10-6-18(7-11-24)25-9-3-5-17(14-25)20(27)23-13-16-4-2-8-22-12-16/h2,4,8,12,17-18H,3,5-7,9-11,13-15H2,1H3,(H,21,26)(H,23,27)/t17-/m1/s1. The second-order valence-electron chi connectivity index (χ2n) is 7.59. The molecule has 7 nitrogen and oxygen atoms in total. The van der Waals surface area contributed by atoms with Gasteiger partial charge in [-0.25, -0.2) is 0 Å². The maximum Gasteiger partial charge on any atom is 0.233 e. The number of amides is 2. The molecule has 2 aliphatic rings. The SMILES string of the molecule is CNC(=O)CN1CCC(N2CCC[C@@H](C(=O)NCc3cccnc3)C2)CC1. The molecule has 3 rings (SSSR count). The van der Waals surface area contributed by atoms with Gasteiger partial charge in [-0.3, -0.25) is 24.4 Å². The Balaban J connectivity index is 1.44. The summed E-state index contributed by atoms with van der Waals surface area (Å²) in [4.78, 5) is 32.9. The number of piperidine rings is 2. The minimum atomic E-state index is 0.0688. The summed E-state index contributed by atoms with van der Waals surface area (Å²) < 4.78 is 0. The molecule has 1 aromatic rings. The molecule has 1 atom stereocenters. The minimum Gasteiger partial charge on any atom is -0.358 e. The number of rotatable bonds is 6. The third-order valence-electron chi connectivity index (χ3n) is 5.73. The zero-order chi connectivity index (χ0) is 19.1. The van der Waals surface area contributed by atoms with Crippen molar-refractivity contribution in [3.8, 4) is 0 Å². The molecular weight excluding hydrogens is 342 g/mol. The van der Waals surface area contributed by atoms with Crippen molar-refractivity contribution in [3.63, 3.8) is 0 Å². The lowest BCUT2D eigenvalue weighted by Crippen LogP contribution is -2.51. The normalized spacial score (nSPS) is 22.3. The van der Waals surface area contributed by atoms with Gasteiger partial charge < -0.3 is 10.6 Å². The highest BCUT2D eigenvalue weighted by Gasteiger charge is 2.31. The number of carbonyl (C=O) groups excluding carboxylic acids is 2. The third kappa shape index (κ3) is 5.74. The maximum absolute atomic E-state index is 12.6. The van der Waals surface area contributed by atoms with Crippen molar-refractivity contribution in [1.82, 2.24) is 25.4 Å². The third-order valence-corrected chi connectivity index (χ3v) is 5.73.